The van der Waals surface area contributed by atoms with Crippen LogP contribution < -0.4 is 5.32 Å². The van der Waals surface area contributed by atoms with Crippen LogP contribution in [0.15, 0.2) is 22.7 Å². The lowest BCUT2D eigenvalue weighted by Gasteiger charge is -2.17. The van der Waals surface area contributed by atoms with Crippen LogP contribution in [0.25, 0.3) is 0 Å². The van der Waals surface area contributed by atoms with Gasteiger partial charge in [-0.15, -0.1) is 0 Å². The van der Waals surface area contributed by atoms with Crippen molar-refractivity contribution in [2.24, 2.45) is 0 Å². The molecule has 0 radical (unpaired) electrons. The van der Waals surface area contributed by atoms with Gasteiger partial charge in [0.25, 0.3) is 0 Å². The molecule has 1 N–H and O–H groups in total. The Morgan fingerprint density at radius 2 is 1.89 bits per heavy atom. The summed E-state index contributed by atoms with van der Waals surface area (Å²) < 4.78 is 12.1. The van der Waals surface area contributed by atoms with E-state index in [0.29, 0.717) is 19.8 Å². The molecule has 0 aromatic heterocycles. The van der Waals surface area contributed by atoms with Gasteiger partial charge in [0.15, 0.2) is 6.29 Å². The van der Waals surface area contributed by atoms with E-state index in [0.717, 1.165) is 11.0 Å². The van der Waals surface area contributed by atoms with Gasteiger partial charge in [-0.1, -0.05) is 28.1 Å². The van der Waals surface area contributed by atoms with Gasteiger partial charge in [-0.25, -0.2) is 0 Å². The van der Waals surface area contributed by atoms with Gasteiger partial charge in [0, 0.05) is 30.8 Å². The van der Waals surface area contributed by atoms with Crippen LogP contribution in [0.3, 0.4) is 0 Å². The van der Waals surface area contributed by atoms with Crippen LogP contribution in [0, 0.1) is 6.92 Å². The molecule has 1 aromatic carbocycles. The summed E-state index contributed by atoms with van der Waals surface area (Å²) in [6, 6.07) is 6.37. The van der Waals surface area contributed by atoms with Gasteiger partial charge in [-0.05, 0) is 38.0 Å². The number of hydrogen-bond acceptors (Lipinski definition) is 3. The monoisotopic (exact) mass is 315 g/mol. The summed E-state index contributed by atoms with van der Waals surface area (Å²) in [5.41, 5.74) is 2.50. The first-order valence-electron chi connectivity index (χ1n) is 6.36. The average Bonchev–Trinajstić information content (AvgIpc) is 2.32. The van der Waals surface area contributed by atoms with Crippen LogP contribution in [0.5, 0.6) is 0 Å². The zero-order valence-corrected chi connectivity index (χ0v) is 12.9. The molecule has 0 saturated carbocycles. The SMILES string of the molecule is CCOC(CNCc1ccc(C)cc1Br)OCC. The van der Waals surface area contributed by atoms with Crippen molar-refractivity contribution in [1.29, 1.82) is 0 Å². The van der Waals surface area contributed by atoms with Crippen LogP contribution >= 0.6 is 15.9 Å². The molecule has 0 unspecified atom stereocenters. The Labute approximate surface area is 118 Å². The fourth-order valence-corrected chi connectivity index (χ4v) is 2.29. The van der Waals surface area contributed by atoms with Crippen molar-refractivity contribution in [3.8, 4) is 0 Å². The predicted octanol–water partition coefficient (Wildman–Crippen LogP) is 3.25. The lowest BCUT2D eigenvalue weighted by Crippen LogP contribution is -2.31. The molecule has 4 heteroatoms. The third-order valence-electron chi connectivity index (χ3n) is 2.54. The Bertz CT molecular complexity index is 352. The van der Waals surface area contributed by atoms with Crippen molar-refractivity contribution < 1.29 is 9.47 Å². The second kappa shape index (κ2) is 8.64. The minimum absolute atomic E-state index is 0.163. The number of nitrogens with one attached hydrogen (secondary N) is 1. The molecule has 0 fully saturated rings. The highest BCUT2D eigenvalue weighted by Crippen LogP contribution is 2.18. The summed E-state index contributed by atoms with van der Waals surface area (Å²) in [6.45, 7) is 8.87. The summed E-state index contributed by atoms with van der Waals surface area (Å²) in [6.07, 6.45) is -0.163. The number of hydrogen-bond donors (Lipinski definition) is 1. The van der Waals surface area contributed by atoms with E-state index in [-0.39, 0.29) is 6.29 Å². The first-order chi connectivity index (χ1) is 8.67. The fraction of sp³-hybridized carbons (Fsp3) is 0.571. The minimum atomic E-state index is -0.163. The molecule has 3 nitrogen and oxygen atoms in total. The Balaban J connectivity index is 2.39. The van der Waals surface area contributed by atoms with Crippen LogP contribution in [0.2, 0.25) is 0 Å². The zero-order chi connectivity index (χ0) is 13.4. The van der Waals surface area contributed by atoms with Gasteiger partial charge < -0.3 is 14.8 Å². The highest BCUT2D eigenvalue weighted by molar-refractivity contribution is 9.10. The number of rotatable bonds is 8. The van der Waals surface area contributed by atoms with Gasteiger partial charge in [0.1, 0.15) is 0 Å². The molecule has 0 saturated heterocycles. The van der Waals surface area contributed by atoms with Crippen molar-refractivity contribution in [3.05, 3.63) is 33.8 Å². The Morgan fingerprint density at radius 1 is 1.22 bits per heavy atom. The third kappa shape index (κ3) is 5.48. The highest BCUT2D eigenvalue weighted by Gasteiger charge is 2.07. The van der Waals surface area contributed by atoms with E-state index in [2.05, 4.69) is 46.4 Å². The number of ether oxygens (including phenoxy) is 2. The summed E-state index contributed by atoms with van der Waals surface area (Å²) in [7, 11) is 0. The molecule has 0 aliphatic heterocycles. The summed E-state index contributed by atoms with van der Waals surface area (Å²) >= 11 is 3.57. The molecule has 102 valence electrons. The van der Waals surface area contributed by atoms with Gasteiger partial charge in [-0.3, -0.25) is 0 Å². The smallest absolute Gasteiger partial charge is 0.169 e. The van der Waals surface area contributed by atoms with Crippen molar-refractivity contribution in [3.63, 3.8) is 0 Å². The first-order valence-corrected chi connectivity index (χ1v) is 7.15. The minimum Gasteiger partial charge on any atom is -0.352 e. The normalized spacial score (nSPS) is 11.2. The van der Waals surface area contributed by atoms with Crippen molar-refractivity contribution in [2.45, 2.75) is 33.6 Å². The van der Waals surface area contributed by atoms with E-state index in [9.17, 15) is 0 Å². The lowest BCUT2D eigenvalue weighted by atomic mass is 10.1. The van der Waals surface area contributed by atoms with E-state index < -0.39 is 0 Å². The van der Waals surface area contributed by atoms with Crippen LogP contribution in [0.4, 0.5) is 0 Å². The lowest BCUT2D eigenvalue weighted by molar-refractivity contribution is -0.133. The summed E-state index contributed by atoms with van der Waals surface area (Å²) in [4.78, 5) is 0. The average molecular weight is 316 g/mol. The molecule has 1 rings (SSSR count). The maximum Gasteiger partial charge on any atom is 0.169 e. The number of halogens is 1. The largest absolute Gasteiger partial charge is 0.352 e. The fourth-order valence-electron chi connectivity index (χ4n) is 1.66. The summed E-state index contributed by atoms with van der Waals surface area (Å²) in [5, 5.41) is 3.35. The molecule has 0 atom stereocenters. The Kier molecular flexibility index (Phi) is 7.51. The van der Waals surface area contributed by atoms with Gasteiger partial charge >= 0.3 is 0 Å². The molecular formula is C14H22BrNO2. The van der Waals surface area contributed by atoms with Crippen LogP contribution in [-0.2, 0) is 16.0 Å². The van der Waals surface area contributed by atoms with Gasteiger partial charge in [-0.2, -0.15) is 0 Å². The number of benzene rings is 1. The van der Waals surface area contributed by atoms with Crippen molar-refractivity contribution in [1.82, 2.24) is 5.32 Å². The molecule has 0 heterocycles. The van der Waals surface area contributed by atoms with Gasteiger partial charge in [0.2, 0.25) is 0 Å². The predicted molar refractivity (Wildman–Crippen MR) is 77.6 cm³/mol. The third-order valence-corrected chi connectivity index (χ3v) is 3.28. The highest BCUT2D eigenvalue weighted by atomic mass is 79.9. The van der Waals surface area contributed by atoms with Crippen LogP contribution in [0.1, 0.15) is 25.0 Å². The maximum absolute atomic E-state index is 5.47. The number of aryl methyl sites for hydroxylation is 1. The standard InChI is InChI=1S/C14H22BrNO2/c1-4-17-14(18-5-2)10-16-9-12-7-6-11(3)8-13(12)15/h6-8,14,16H,4-5,9-10H2,1-3H3. The molecule has 18 heavy (non-hydrogen) atoms. The molecule has 1 aromatic rings. The van der Waals surface area contributed by atoms with E-state index in [1.165, 1.54) is 11.1 Å². The molecule has 0 spiro atoms. The van der Waals surface area contributed by atoms with Crippen molar-refractivity contribution >= 4 is 15.9 Å². The van der Waals surface area contributed by atoms with Crippen molar-refractivity contribution in [2.75, 3.05) is 19.8 Å². The molecule has 0 aliphatic rings. The Hall–Kier alpha value is -0.420. The van der Waals surface area contributed by atoms with E-state index >= 15 is 0 Å². The molecular weight excluding hydrogens is 294 g/mol. The van der Waals surface area contributed by atoms with E-state index in [4.69, 9.17) is 9.47 Å². The van der Waals surface area contributed by atoms with E-state index in [1.807, 2.05) is 13.8 Å². The molecule has 0 aliphatic carbocycles. The van der Waals surface area contributed by atoms with Gasteiger partial charge in [0.05, 0.1) is 0 Å². The maximum atomic E-state index is 5.47. The molecule has 0 bridgehead atoms. The zero-order valence-electron chi connectivity index (χ0n) is 11.3. The quantitative estimate of drug-likeness (QED) is 0.747. The van der Waals surface area contributed by atoms with E-state index in [1.54, 1.807) is 0 Å². The van der Waals surface area contributed by atoms with Crippen LogP contribution in [-0.4, -0.2) is 26.0 Å². The summed E-state index contributed by atoms with van der Waals surface area (Å²) in [5.74, 6) is 0. The second-order valence-corrected chi connectivity index (χ2v) is 4.92. The molecule has 0 amide bonds. The topological polar surface area (TPSA) is 30.5 Å². The Morgan fingerprint density at radius 3 is 2.44 bits per heavy atom. The first kappa shape index (κ1) is 15.6. The second-order valence-electron chi connectivity index (χ2n) is 4.07.